The Hall–Kier alpha value is -2.94. The highest BCUT2D eigenvalue weighted by Crippen LogP contribution is 2.31. The number of allylic oxidation sites excluding steroid dienone is 3. The Balaban J connectivity index is 2.15. The molecule has 0 aliphatic rings. The van der Waals surface area contributed by atoms with E-state index in [1.54, 1.807) is 12.4 Å². The summed E-state index contributed by atoms with van der Waals surface area (Å²) in [5, 5.41) is 1.07. The molecule has 2 heterocycles. The van der Waals surface area contributed by atoms with Gasteiger partial charge >= 0.3 is 0 Å². The fraction of sp³-hybridized carbons (Fsp3) is 0.0526. The number of furan rings is 1. The topological polar surface area (TPSA) is 38.4 Å². The molecule has 22 heavy (non-hydrogen) atoms. The lowest BCUT2D eigenvalue weighted by Crippen LogP contribution is -1.90. The Kier molecular flexibility index (Phi) is 3.97. The van der Waals surface area contributed by atoms with E-state index in [0.29, 0.717) is 0 Å². The minimum atomic E-state index is 0.760. The van der Waals surface area contributed by atoms with Gasteiger partial charge in [-0.1, -0.05) is 30.3 Å². The smallest absolute Gasteiger partial charge is 0.154 e. The Morgan fingerprint density at radius 2 is 2.09 bits per heavy atom. The summed E-state index contributed by atoms with van der Waals surface area (Å²) in [6, 6.07) is 13.9. The molecule has 2 aromatic heterocycles. The average Bonchev–Trinajstić information content (AvgIpc) is 3.00. The number of nitrogens with zero attached hydrogens (tertiary/aromatic N) is 2. The monoisotopic (exact) mass is 288 g/mol. The summed E-state index contributed by atoms with van der Waals surface area (Å²) < 4.78 is 5.94. The van der Waals surface area contributed by atoms with Gasteiger partial charge in [-0.3, -0.25) is 9.98 Å². The predicted molar refractivity (Wildman–Crippen MR) is 91.8 cm³/mol. The van der Waals surface area contributed by atoms with E-state index in [9.17, 15) is 0 Å². The first-order chi connectivity index (χ1) is 10.8. The molecule has 0 aliphatic carbocycles. The van der Waals surface area contributed by atoms with Crippen molar-refractivity contribution in [1.29, 1.82) is 0 Å². The van der Waals surface area contributed by atoms with Crippen LogP contribution in [-0.2, 0) is 0 Å². The van der Waals surface area contributed by atoms with Crippen molar-refractivity contribution >= 4 is 23.3 Å². The third-order valence-electron chi connectivity index (χ3n) is 3.45. The number of rotatable bonds is 4. The Labute approximate surface area is 129 Å². The van der Waals surface area contributed by atoms with Gasteiger partial charge in [0.25, 0.3) is 0 Å². The van der Waals surface area contributed by atoms with Crippen LogP contribution in [0.2, 0.25) is 0 Å². The number of fused-ring (bicyclic) bond motifs is 1. The summed E-state index contributed by atoms with van der Waals surface area (Å²) in [5.74, 6) is 0.760. The molecule has 3 rings (SSSR count). The van der Waals surface area contributed by atoms with Crippen LogP contribution in [-0.4, -0.2) is 11.7 Å². The van der Waals surface area contributed by atoms with Crippen molar-refractivity contribution in [2.45, 2.75) is 6.92 Å². The minimum absolute atomic E-state index is 0.760. The van der Waals surface area contributed by atoms with Crippen molar-refractivity contribution < 1.29 is 4.42 Å². The normalized spacial score (nSPS) is 12.1. The Morgan fingerprint density at radius 1 is 1.23 bits per heavy atom. The molecular weight excluding hydrogens is 272 g/mol. The van der Waals surface area contributed by atoms with Crippen LogP contribution in [0.15, 0.2) is 76.4 Å². The zero-order chi connectivity index (χ0) is 15.4. The predicted octanol–water partition coefficient (Wildman–Crippen LogP) is 5.11. The molecule has 0 amide bonds. The summed E-state index contributed by atoms with van der Waals surface area (Å²) in [6.07, 6.45) is 7.38. The fourth-order valence-electron chi connectivity index (χ4n) is 2.41. The number of aromatic nitrogens is 1. The van der Waals surface area contributed by atoms with Crippen LogP contribution in [0.5, 0.6) is 0 Å². The summed E-state index contributed by atoms with van der Waals surface area (Å²) in [5.41, 5.74) is 3.71. The van der Waals surface area contributed by atoms with Crippen molar-refractivity contribution in [3.63, 3.8) is 0 Å². The molecule has 0 N–H and O–H groups in total. The largest absolute Gasteiger partial charge is 0.454 e. The number of hydrogen-bond acceptors (Lipinski definition) is 3. The standard InChI is InChI=1S/C19H16N2O/c1-3-14(10-12-20-2)16-8-6-11-21-19(16)18-13-15-7-4-5-9-17(15)22-18/h3-13H,2H2,1H3/b12-10-,14-3+. The molecule has 0 fully saturated rings. The summed E-state index contributed by atoms with van der Waals surface area (Å²) in [6.45, 7) is 5.46. The van der Waals surface area contributed by atoms with Crippen molar-refractivity contribution in [2.75, 3.05) is 0 Å². The van der Waals surface area contributed by atoms with Crippen LogP contribution >= 0.6 is 0 Å². The molecule has 1 aromatic carbocycles. The van der Waals surface area contributed by atoms with Crippen LogP contribution in [0, 0.1) is 0 Å². The van der Waals surface area contributed by atoms with Crippen LogP contribution in [0.25, 0.3) is 28.0 Å². The highest BCUT2D eigenvalue weighted by atomic mass is 16.3. The summed E-state index contributed by atoms with van der Waals surface area (Å²) in [7, 11) is 0. The third kappa shape index (κ3) is 2.61. The van der Waals surface area contributed by atoms with Gasteiger partial charge in [-0.2, -0.15) is 0 Å². The fourth-order valence-corrected chi connectivity index (χ4v) is 2.41. The number of benzene rings is 1. The summed E-state index contributed by atoms with van der Waals surface area (Å²) >= 11 is 0. The van der Waals surface area contributed by atoms with Crippen molar-refractivity contribution in [2.24, 2.45) is 4.99 Å². The lowest BCUT2D eigenvalue weighted by Gasteiger charge is -2.06. The van der Waals surface area contributed by atoms with E-state index in [-0.39, 0.29) is 0 Å². The van der Waals surface area contributed by atoms with Crippen LogP contribution in [0.4, 0.5) is 0 Å². The van der Waals surface area contributed by atoms with E-state index >= 15 is 0 Å². The van der Waals surface area contributed by atoms with Gasteiger partial charge in [0.2, 0.25) is 0 Å². The maximum atomic E-state index is 5.94. The number of para-hydroxylation sites is 1. The molecule has 3 aromatic rings. The lowest BCUT2D eigenvalue weighted by molar-refractivity contribution is 0.628. The van der Waals surface area contributed by atoms with Crippen LogP contribution in [0.1, 0.15) is 12.5 Å². The summed E-state index contributed by atoms with van der Waals surface area (Å²) in [4.78, 5) is 8.28. The van der Waals surface area contributed by atoms with Crippen molar-refractivity contribution in [1.82, 2.24) is 4.98 Å². The van der Waals surface area contributed by atoms with Crippen molar-refractivity contribution in [3.8, 4) is 11.5 Å². The first-order valence-corrected chi connectivity index (χ1v) is 7.06. The average molecular weight is 288 g/mol. The second kappa shape index (κ2) is 6.22. The van der Waals surface area contributed by atoms with Crippen molar-refractivity contribution in [3.05, 3.63) is 72.6 Å². The molecule has 0 aliphatic heterocycles. The number of aliphatic imine (C=N–C) groups is 1. The van der Waals surface area contributed by atoms with E-state index in [0.717, 1.165) is 33.6 Å². The van der Waals surface area contributed by atoms with Gasteiger partial charge in [0, 0.05) is 23.3 Å². The van der Waals surface area contributed by atoms with Crippen LogP contribution in [0.3, 0.4) is 0 Å². The molecule has 3 heteroatoms. The van der Waals surface area contributed by atoms with Gasteiger partial charge in [-0.05, 0) is 43.5 Å². The molecule has 0 saturated heterocycles. The molecule has 0 unspecified atom stereocenters. The van der Waals surface area contributed by atoms with Gasteiger partial charge in [0.1, 0.15) is 11.3 Å². The molecule has 108 valence electrons. The van der Waals surface area contributed by atoms with Gasteiger partial charge in [0.15, 0.2) is 5.76 Å². The second-order valence-corrected chi connectivity index (χ2v) is 4.79. The van der Waals surface area contributed by atoms with E-state index in [1.807, 2.05) is 61.5 Å². The highest BCUT2D eigenvalue weighted by Gasteiger charge is 2.13. The number of pyridine rings is 1. The van der Waals surface area contributed by atoms with Gasteiger partial charge in [-0.25, -0.2) is 0 Å². The SMILES string of the molecule is C=N/C=C\C(=C/C)c1cccnc1-c1cc2ccccc2o1. The molecular formula is C19H16N2O. The quantitative estimate of drug-likeness (QED) is 0.494. The number of hydrogen-bond donors (Lipinski definition) is 0. The zero-order valence-electron chi connectivity index (χ0n) is 12.4. The van der Waals surface area contributed by atoms with Gasteiger partial charge < -0.3 is 4.42 Å². The van der Waals surface area contributed by atoms with E-state index < -0.39 is 0 Å². The zero-order valence-corrected chi connectivity index (χ0v) is 12.4. The molecule has 3 nitrogen and oxygen atoms in total. The maximum Gasteiger partial charge on any atom is 0.154 e. The second-order valence-electron chi connectivity index (χ2n) is 4.79. The van der Waals surface area contributed by atoms with Gasteiger partial charge in [-0.15, -0.1) is 0 Å². The maximum absolute atomic E-state index is 5.94. The first-order valence-electron chi connectivity index (χ1n) is 7.06. The van der Waals surface area contributed by atoms with E-state index in [2.05, 4.69) is 16.7 Å². The van der Waals surface area contributed by atoms with Gasteiger partial charge in [0.05, 0.1) is 0 Å². The minimum Gasteiger partial charge on any atom is -0.454 e. The third-order valence-corrected chi connectivity index (χ3v) is 3.45. The van der Waals surface area contributed by atoms with E-state index in [4.69, 9.17) is 4.42 Å². The molecule has 0 spiro atoms. The first kappa shape index (κ1) is 14.0. The Morgan fingerprint density at radius 3 is 2.86 bits per heavy atom. The molecule has 0 saturated carbocycles. The Bertz CT molecular complexity index is 839. The lowest BCUT2D eigenvalue weighted by atomic mass is 10.0. The molecule has 0 bridgehead atoms. The molecule has 0 radical (unpaired) electrons. The molecule has 0 atom stereocenters. The van der Waals surface area contributed by atoms with Crippen LogP contribution < -0.4 is 0 Å². The highest BCUT2D eigenvalue weighted by molar-refractivity contribution is 5.87. The van der Waals surface area contributed by atoms with E-state index in [1.165, 1.54) is 0 Å².